The van der Waals surface area contributed by atoms with Gasteiger partial charge in [-0.2, -0.15) is 0 Å². The van der Waals surface area contributed by atoms with E-state index in [1.54, 1.807) is 66.7 Å². The fourth-order valence-corrected chi connectivity index (χ4v) is 2.60. The van der Waals surface area contributed by atoms with Gasteiger partial charge in [-0.05, 0) is 57.2 Å². The summed E-state index contributed by atoms with van der Waals surface area (Å²) in [6, 6.07) is 22.3. The molecule has 0 aliphatic rings. The molecule has 0 radical (unpaired) electrons. The molecule has 0 unspecified atom stereocenters. The zero-order chi connectivity index (χ0) is 23.1. The molecule has 0 saturated heterocycles. The lowest BCUT2D eigenvalue weighted by Gasteiger charge is -2.17. The van der Waals surface area contributed by atoms with Crippen molar-refractivity contribution in [3.63, 3.8) is 0 Å². The molecule has 0 aliphatic heterocycles. The minimum atomic E-state index is -4.97. The number of rotatable bonds is 6. The Kier molecular flexibility index (Phi) is 7.20. The van der Waals surface area contributed by atoms with Crippen LogP contribution in [0.4, 0.5) is 18.9 Å². The first-order valence-corrected chi connectivity index (χ1v) is 9.79. The summed E-state index contributed by atoms with van der Waals surface area (Å²) >= 11 is 0. The van der Waals surface area contributed by atoms with Crippen LogP contribution in [0.15, 0.2) is 95.4 Å². The van der Waals surface area contributed by atoms with Gasteiger partial charge in [0.25, 0.3) is 5.95 Å². The molecule has 0 heterocycles. The Hall–Kier alpha value is -3.74. The van der Waals surface area contributed by atoms with Crippen LogP contribution in [-0.2, 0) is 4.74 Å². The predicted molar refractivity (Wildman–Crippen MR) is 117 cm³/mol. The van der Waals surface area contributed by atoms with Crippen LogP contribution in [0.2, 0.25) is 0 Å². The number of alkyl halides is 3. The Balaban J connectivity index is 2.06. The van der Waals surface area contributed by atoms with Crippen molar-refractivity contribution < 1.29 is 27.4 Å². The van der Waals surface area contributed by atoms with Crippen LogP contribution >= 0.6 is 0 Å². The molecule has 3 rings (SSSR count). The lowest BCUT2D eigenvalue weighted by atomic mass is 10.2. The lowest BCUT2D eigenvalue weighted by Crippen LogP contribution is -2.21. The van der Waals surface area contributed by atoms with Crippen LogP contribution in [0.1, 0.15) is 18.1 Å². The van der Waals surface area contributed by atoms with E-state index in [0.29, 0.717) is 11.4 Å². The maximum Gasteiger partial charge on any atom is 0.575 e. The summed E-state index contributed by atoms with van der Waals surface area (Å²) in [6.07, 6.45) is -4.97. The third-order valence-electron chi connectivity index (χ3n) is 4.29. The second kappa shape index (κ2) is 10.0. The molecule has 3 aromatic rings. The van der Waals surface area contributed by atoms with Crippen molar-refractivity contribution >= 4 is 11.6 Å². The summed E-state index contributed by atoms with van der Waals surface area (Å²) in [5.74, 6) is -0.280. The minimum absolute atomic E-state index is 0.0627. The summed E-state index contributed by atoms with van der Waals surface area (Å²) in [4.78, 5) is 4.41. The van der Waals surface area contributed by atoms with E-state index in [0.717, 1.165) is 11.1 Å². The Bertz CT molecular complexity index is 1090. The van der Waals surface area contributed by atoms with E-state index in [2.05, 4.69) is 9.73 Å². The maximum absolute atomic E-state index is 13.2. The van der Waals surface area contributed by atoms with Crippen LogP contribution in [0.3, 0.4) is 0 Å². The van der Waals surface area contributed by atoms with Crippen molar-refractivity contribution in [2.24, 2.45) is 4.99 Å². The van der Waals surface area contributed by atoms with E-state index in [-0.39, 0.29) is 17.2 Å². The largest absolute Gasteiger partial charge is 0.575 e. The molecule has 7 heteroatoms. The van der Waals surface area contributed by atoms with Gasteiger partial charge in [0.2, 0.25) is 5.90 Å². The van der Waals surface area contributed by atoms with Crippen molar-refractivity contribution in [1.29, 1.82) is 0 Å². The maximum atomic E-state index is 13.2. The average molecular weight is 441 g/mol. The number of hydrogen-bond acceptors (Lipinski definition) is 4. The van der Waals surface area contributed by atoms with Gasteiger partial charge in [0.15, 0.2) is 0 Å². The number of halogens is 3. The highest BCUT2D eigenvalue weighted by molar-refractivity contribution is 5.96. The third kappa shape index (κ3) is 6.91. The van der Waals surface area contributed by atoms with Crippen molar-refractivity contribution in [3.05, 3.63) is 102 Å². The SMILES string of the molecule is CC(C(=Nc1ccc(C)cc1)Oc1ccccc1)=C(Oc1ccc(C)cc1)OC(F)(F)F. The topological polar surface area (TPSA) is 40.0 Å². The number of hydrogen-bond donors (Lipinski definition) is 0. The molecular formula is C25H22F3NO3. The molecule has 0 N–H and O–H groups in total. The van der Waals surface area contributed by atoms with Crippen LogP contribution < -0.4 is 9.47 Å². The van der Waals surface area contributed by atoms with E-state index in [1.807, 2.05) is 26.0 Å². The number of aliphatic imine (C=N–C) groups is 1. The van der Waals surface area contributed by atoms with E-state index >= 15 is 0 Å². The van der Waals surface area contributed by atoms with Gasteiger partial charge in [0, 0.05) is 0 Å². The van der Waals surface area contributed by atoms with Gasteiger partial charge in [-0.3, -0.25) is 0 Å². The van der Waals surface area contributed by atoms with Crippen LogP contribution in [0.5, 0.6) is 11.5 Å². The second-order valence-corrected chi connectivity index (χ2v) is 7.04. The average Bonchev–Trinajstić information content (AvgIpc) is 2.75. The molecule has 0 bridgehead atoms. The fraction of sp³-hybridized carbons (Fsp3) is 0.160. The molecule has 0 atom stereocenters. The van der Waals surface area contributed by atoms with E-state index in [4.69, 9.17) is 9.47 Å². The van der Waals surface area contributed by atoms with Gasteiger partial charge in [0.05, 0.1) is 11.3 Å². The van der Waals surface area contributed by atoms with Gasteiger partial charge in [-0.15, -0.1) is 13.2 Å². The molecule has 4 nitrogen and oxygen atoms in total. The molecule has 3 aromatic carbocycles. The van der Waals surface area contributed by atoms with E-state index < -0.39 is 12.3 Å². The van der Waals surface area contributed by atoms with Gasteiger partial charge in [-0.25, -0.2) is 4.99 Å². The summed E-state index contributed by atoms with van der Waals surface area (Å²) in [6.45, 7) is 5.17. The Morgan fingerprint density at radius 3 is 1.81 bits per heavy atom. The molecule has 0 aliphatic carbocycles. The monoisotopic (exact) mass is 441 g/mol. The first-order chi connectivity index (χ1) is 15.2. The highest BCUT2D eigenvalue weighted by Gasteiger charge is 2.35. The lowest BCUT2D eigenvalue weighted by molar-refractivity contribution is -0.317. The Morgan fingerprint density at radius 2 is 1.25 bits per heavy atom. The normalized spacial score (nSPS) is 12.8. The number of ether oxygens (including phenoxy) is 3. The summed E-state index contributed by atoms with van der Waals surface area (Å²) in [7, 11) is 0. The summed E-state index contributed by atoms with van der Waals surface area (Å²) in [5.41, 5.74) is 2.39. The quantitative estimate of drug-likeness (QED) is 0.230. The molecule has 0 spiro atoms. The zero-order valence-electron chi connectivity index (χ0n) is 17.8. The number of benzene rings is 3. The van der Waals surface area contributed by atoms with Gasteiger partial charge < -0.3 is 14.2 Å². The standard InChI is InChI=1S/C25H22F3NO3/c1-17-9-13-20(14-10-17)29-23(30-21-7-5-4-6-8-21)19(3)24(32-25(26,27)28)31-22-15-11-18(2)12-16-22/h4-16H,1-3H3. The molecule has 166 valence electrons. The Labute approximate surface area is 184 Å². The van der Waals surface area contributed by atoms with Crippen LogP contribution in [0.25, 0.3) is 0 Å². The zero-order valence-corrected chi connectivity index (χ0v) is 17.8. The highest BCUT2D eigenvalue weighted by Crippen LogP contribution is 2.27. The van der Waals surface area contributed by atoms with Crippen molar-refractivity contribution in [2.45, 2.75) is 27.1 Å². The molecule has 0 aromatic heterocycles. The number of para-hydroxylation sites is 1. The summed E-state index contributed by atoms with van der Waals surface area (Å²) < 4.78 is 55.0. The minimum Gasteiger partial charge on any atom is -0.438 e. The van der Waals surface area contributed by atoms with Crippen molar-refractivity contribution in [2.75, 3.05) is 0 Å². The van der Waals surface area contributed by atoms with Crippen LogP contribution in [0, 0.1) is 13.8 Å². The highest BCUT2D eigenvalue weighted by atomic mass is 19.4. The number of aryl methyl sites for hydroxylation is 2. The Morgan fingerprint density at radius 1 is 0.719 bits per heavy atom. The van der Waals surface area contributed by atoms with Crippen molar-refractivity contribution in [3.8, 4) is 11.5 Å². The van der Waals surface area contributed by atoms with Gasteiger partial charge >= 0.3 is 6.36 Å². The molecule has 0 saturated carbocycles. The smallest absolute Gasteiger partial charge is 0.438 e. The molecule has 0 fully saturated rings. The van der Waals surface area contributed by atoms with E-state index in [9.17, 15) is 13.2 Å². The summed E-state index contributed by atoms with van der Waals surface area (Å²) in [5, 5.41) is 0. The predicted octanol–water partition coefficient (Wildman–Crippen LogP) is 7.26. The first-order valence-electron chi connectivity index (χ1n) is 9.79. The van der Waals surface area contributed by atoms with Crippen molar-refractivity contribution in [1.82, 2.24) is 0 Å². The molecule has 32 heavy (non-hydrogen) atoms. The fourth-order valence-electron chi connectivity index (χ4n) is 2.60. The molecule has 0 amide bonds. The number of nitrogens with zero attached hydrogens (tertiary/aromatic N) is 1. The molecular weight excluding hydrogens is 419 g/mol. The second-order valence-electron chi connectivity index (χ2n) is 7.04. The third-order valence-corrected chi connectivity index (χ3v) is 4.29. The van der Waals surface area contributed by atoms with Gasteiger partial charge in [-0.1, -0.05) is 53.6 Å². The first kappa shape index (κ1) is 22.9. The van der Waals surface area contributed by atoms with E-state index in [1.165, 1.54) is 6.92 Å². The van der Waals surface area contributed by atoms with Crippen LogP contribution in [-0.4, -0.2) is 12.3 Å². The van der Waals surface area contributed by atoms with Gasteiger partial charge in [0.1, 0.15) is 11.5 Å².